The van der Waals surface area contributed by atoms with Crippen molar-refractivity contribution in [3.8, 4) is 5.75 Å². The van der Waals surface area contributed by atoms with Gasteiger partial charge in [-0.3, -0.25) is 9.59 Å². The summed E-state index contributed by atoms with van der Waals surface area (Å²) in [6.45, 7) is 0.312. The molecule has 0 radical (unpaired) electrons. The van der Waals surface area contributed by atoms with E-state index in [1.165, 1.54) is 0 Å². The van der Waals surface area contributed by atoms with Crippen LogP contribution in [0.2, 0.25) is 0 Å². The molecule has 1 saturated heterocycles. The van der Waals surface area contributed by atoms with Crippen LogP contribution in [0.5, 0.6) is 5.75 Å². The maximum atomic E-state index is 12.5. The van der Waals surface area contributed by atoms with Crippen LogP contribution in [0.3, 0.4) is 0 Å². The summed E-state index contributed by atoms with van der Waals surface area (Å²) in [4.78, 5) is 24.3. The minimum atomic E-state index is -0.776. The number of ether oxygens (including phenoxy) is 1. The first-order valence-electron chi connectivity index (χ1n) is 8.14. The molecule has 2 heterocycles. The molecule has 2 amide bonds. The van der Waals surface area contributed by atoms with Crippen molar-refractivity contribution < 1.29 is 19.4 Å². The number of nitrogens with one attached hydrogen (secondary N) is 2. The monoisotopic (exact) mass is 318 g/mol. The van der Waals surface area contributed by atoms with E-state index >= 15 is 0 Å². The molecule has 1 unspecified atom stereocenters. The molecule has 1 fully saturated rings. The van der Waals surface area contributed by atoms with Gasteiger partial charge in [0.15, 0.2) is 5.60 Å². The third-order valence-corrected chi connectivity index (χ3v) is 4.62. The molecule has 0 saturated carbocycles. The van der Waals surface area contributed by atoms with Crippen LogP contribution in [0.15, 0.2) is 18.2 Å². The normalized spacial score (nSPS) is 24.0. The molecule has 6 heteroatoms. The van der Waals surface area contributed by atoms with Crippen molar-refractivity contribution in [2.45, 2.75) is 44.1 Å². The van der Waals surface area contributed by atoms with E-state index in [4.69, 9.17) is 9.84 Å². The number of hydrogen-bond donors (Lipinski definition) is 3. The van der Waals surface area contributed by atoms with Crippen LogP contribution in [0.4, 0.5) is 0 Å². The van der Waals surface area contributed by atoms with Gasteiger partial charge in [-0.15, -0.1) is 0 Å². The van der Waals surface area contributed by atoms with Crippen molar-refractivity contribution in [3.63, 3.8) is 0 Å². The van der Waals surface area contributed by atoms with Crippen LogP contribution in [-0.4, -0.2) is 35.8 Å². The van der Waals surface area contributed by atoms with Gasteiger partial charge in [-0.25, -0.2) is 0 Å². The molecule has 3 N–H and O–H groups in total. The highest BCUT2D eigenvalue weighted by atomic mass is 16.5. The molecular formula is C17H22N2O4. The minimum Gasteiger partial charge on any atom is -0.477 e. The summed E-state index contributed by atoms with van der Waals surface area (Å²) in [5.41, 5.74) is 0.637. The van der Waals surface area contributed by atoms with Crippen LogP contribution in [0.25, 0.3) is 0 Å². The van der Waals surface area contributed by atoms with Gasteiger partial charge >= 0.3 is 0 Å². The second-order valence-electron chi connectivity index (χ2n) is 6.15. The Morgan fingerprint density at radius 2 is 2.17 bits per heavy atom. The maximum absolute atomic E-state index is 12.5. The van der Waals surface area contributed by atoms with E-state index in [0.29, 0.717) is 30.7 Å². The molecule has 1 atom stereocenters. The van der Waals surface area contributed by atoms with Gasteiger partial charge in [0, 0.05) is 18.5 Å². The molecular weight excluding hydrogens is 296 g/mol. The largest absolute Gasteiger partial charge is 0.477 e. The van der Waals surface area contributed by atoms with Crippen LogP contribution in [-0.2, 0) is 11.2 Å². The number of amides is 2. The fourth-order valence-electron chi connectivity index (χ4n) is 3.31. The zero-order valence-corrected chi connectivity index (χ0v) is 13.1. The first-order valence-corrected chi connectivity index (χ1v) is 8.14. The van der Waals surface area contributed by atoms with Gasteiger partial charge in [-0.2, -0.15) is 0 Å². The SMILES string of the molecule is O=C(NCO)c1ccc2c(c1)CCC1(CCCCCNC1=O)O2. The Bertz CT molecular complexity index is 617. The number of hydrogen-bond acceptors (Lipinski definition) is 4. The third-order valence-electron chi connectivity index (χ3n) is 4.62. The lowest BCUT2D eigenvalue weighted by atomic mass is 9.84. The fourth-order valence-corrected chi connectivity index (χ4v) is 3.31. The Labute approximate surface area is 135 Å². The number of fused-ring (bicyclic) bond motifs is 1. The Morgan fingerprint density at radius 1 is 1.30 bits per heavy atom. The smallest absolute Gasteiger partial charge is 0.264 e. The summed E-state index contributed by atoms with van der Waals surface area (Å²) in [6, 6.07) is 5.17. The van der Waals surface area contributed by atoms with Gasteiger partial charge in [0.2, 0.25) is 0 Å². The third kappa shape index (κ3) is 3.17. The van der Waals surface area contributed by atoms with E-state index in [2.05, 4.69) is 10.6 Å². The van der Waals surface area contributed by atoms with Crippen molar-refractivity contribution in [1.29, 1.82) is 0 Å². The second-order valence-corrected chi connectivity index (χ2v) is 6.15. The number of rotatable bonds is 2. The summed E-state index contributed by atoms with van der Waals surface area (Å²) in [6.07, 6.45) is 5.14. The lowest BCUT2D eigenvalue weighted by Crippen LogP contribution is -2.54. The molecule has 0 aromatic heterocycles. The standard InChI is InChI=1S/C17H22N2O4/c20-11-19-15(21)13-4-5-14-12(10-13)6-8-17(23-14)7-2-1-3-9-18-16(17)22/h4-5,10,20H,1-3,6-9,11H2,(H,18,22)(H,19,21). The molecule has 2 aliphatic heterocycles. The van der Waals surface area contributed by atoms with E-state index in [9.17, 15) is 9.59 Å². The molecule has 6 nitrogen and oxygen atoms in total. The van der Waals surface area contributed by atoms with Crippen LogP contribution in [0, 0.1) is 0 Å². The van der Waals surface area contributed by atoms with Gasteiger partial charge < -0.3 is 20.5 Å². The van der Waals surface area contributed by atoms with Gasteiger partial charge in [-0.1, -0.05) is 6.42 Å². The molecule has 2 aliphatic rings. The van der Waals surface area contributed by atoms with E-state index < -0.39 is 12.3 Å². The lowest BCUT2D eigenvalue weighted by molar-refractivity contribution is -0.139. The highest BCUT2D eigenvalue weighted by Crippen LogP contribution is 2.37. The number of carbonyl (C=O) groups is 2. The fraction of sp³-hybridized carbons (Fsp3) is 0.529. The van der Waals surface area contributed by atoms with Gasteiger partial charge in [-0.05, 0) is 49.4 Å². The summed E-state index contributed by atoms with van der Waals surface area (Å²) in [7, 11) is 0. The predicted octanol–water partition coefficient (Wildman–Crippen LogP) is 1.12. The van der Waals surface area contributed by atoms with Crippen molar-refractivity contribution in [3.05, 3.63) is 29.3 Å². The van der Waals surface area contributed by atoms with E-state index in [1.54, 1.807) is 18.2 Å². The van der Waals surface area contributed by atoms with Gasteiger partial charge in [0.25, 0.3) is 11.8 Å². The number of aliphatic hydroxyl groups is 1. The quantitative estimate of drug-likeness (QED) is 0.713. The van der Waals surface area contributed by atoms with E-state index in [0.717, 1.165) is 31.2 Å². The van der Waals surface area contributed by atoms with Crippen molar-refractivity contribution in [1.82, 2.24) is 10.6 Å². The summed E-state index contributed by atoms with van der Waals surface area (Å²) in [5.74, 6) is 0.330. The Balaban J connectivity index is 1.82. The number of aliphatic hydroxyl groups excluding tert-OH is 1. The summed E-state index contributed by atoms with van der Waals surface area (Å²) < 4.78 is 6.11. The topological polar surface area (TPSA) is 87.7 Å². The van der Waals surface area contributed by atoms with E-state index in [-0.39, 0.29) is 11.8 Å². The van der Waals surface area contributed by atoms with Crippen molar-refractivity contribution >= 4 is 11.8 Å². The highest BCUT2D eigenvalue weighted by molar-refractivity contribution is 5.94. The van der Waals surface area contributed by atoms with E-state index in [1.807, 2.05) is 0 Å². The maximum Gasteiger partial charge on any atom is 0.264 e. The van der Waals surface area contributed by atoms with Crippen LogP contribution < -0.4 is 15.4 Å². The zero-order valence-electron chi connectivity index (χ0n) is 13.1. The van der Waals surface area contributed by atoms with Gasteiger partial charge in [0.05, 0.1) is 0 Å². The lowest BCUT2D eigenvalue weighted by Gasteiger charge is -2.38. The highest BCUT2D eigenvalue weighted by Gasteiger charge is 2.43. The Hall–Kier alpha value is -2.08. The zero-order chi connectivity index (χ0) is 16.3. The Morgan fingerprint density at radius 3 is 3.00 bits per heavy atom. The molecule has 1 spiro atoms. The van der Waals surface area contributed by atoms with Crippen LogP contribution in [0.1, 0.15) is 48.0 Å². The van der Waals surface area contributed by atoms with Gasteiger partial charge in [0.1, 0.15) is 12.5 Å². The minimum absolute atomic E-state index is 0.0232. The average Bonchev–Trinajstić information content (AvgIpc) is 2.56. The van der Waals surface area contributed by atoms with Crippen molar-refractivity contribution in [2.75, 3.05) is 13.3 Å². The first kappa shape index (κ1) is 15.8. The van der Waals surface area contributed by atoms with Crippen molar-refractivity contribution in [2.24, 2.45) is 0 Å². The number of benzene rings is 1. The molecule has 124 valence electrons. The second kappa shape index (κ2) is 6.58. The first-order chi connectivity index (χ1) is 11.1. The molecule has 0 bridgehead atoms. The molecule has 23 heavy (non-hydrogen) atoms. The average molecular weight is 318 g/mol. The summed E-state index contributed by atoms with van der Waals surface area (Å²) >= 11 is 0. The molecule has 0 aliphatic carbocycles. The Kier molecular flexibility index (Phi) is 4.52. The number of aryl methyl sites for hydroxylation is 1. The molecule has 1 aromatic carbocycles. The number of carbonyl (C=O) groups excluding carboxylic acids is 2. The molecule has 1 aromatic rings. The molecule has 3 rings (SSSR count). The predicted molar refractivity (Wildman–Crippen MR) is 84.2 cm³/mol. The summed E-state index contributed by atoms with van der Waals surface area (Å²) in [5, 5.41) is 14.1. The van der Waals surface area contributed by atoms with Crippen LogP contribution >= 0.6 is 0 Å².